The molecule has 0 radical (unpaired) electrons. The number of halogens is 2. The minimum absolute atomic E-state index is 0.318. The molecular weight excluding hydrogens is 351 g/mol. The van der Waals surface area contributed by atoms with Gasteiger partial charge in [0.25, 0.3) is 0 Å². The summed E-state index contributed by atoms with van der Waals surface area (Å²) < 4.78 is 26.5. The van der Waals surface area contributed by atoms with Crippen molar-refractivity contribution in [2.24, 2.45) is 0 Å². The largest absolute Gasteiger partial charge is 0.544 e. The van der Waals surface area contributed by atoms with Gasteiger partial charge < -0.3 is 9.16 Å². The first kappa shape index (κ1) is 16.6. The lowest BCUT2D eigenvalue weighted by Gasteiger charge is -2.35. The van der Waals surface area contributed by atoms with Crippen LogP contribution < -0.4 is 4.74 Å². The van der Waals surface area contributed by atoms with E-state index in [1.54, 1.807) is 6.07 Å². The highest BCUT2D eigenvalue weighted by molar-refractivity contribution is 9.10. The average molecular weight is 373 g/mol. The second-order valence-electron chi connectivity index (χ2n) is 6.65. The topological polar surface area (TPSA) is 18.5 Å². The minimum atomic E-state index is -1.76. The van der Waals surface area contributed by atoms with Crippen molar-refractivity contribution in [3.8, 4) is 5.75 Å². The molecule has 2 nitrogen and oxygen atoms in total. The molecule has 2 rings (SSSR count). The summed E-state index contributed by atoms with van der Waals surface area (Å²) in [4.78, 5) is 0. The molecular formula is C16H22BrFO2Si. The lowest BCUT2D eigenvalue weighted by Crippen LogP contribution is -2.35. The van der Waals surface area contributed by atoms with Crippen molar-refractivity contribution in [3.63, 3.8) is 0 Å². The maximum atomic E-state index is 13.8. The van der Waals surface area contributed by atoms with Crippen molar-refractivity contribution in [1.82, 2.24) is 0 Å². The Hall–Kier alpha value is -0.813. The van der Waals surface area contributed by atoms with Gasteiger partial charge in [-0.05, 0) is 55.0 Å². The number of benzene rings is 1. The van der Waals surface area contributed by atoms with Gasteiger partial charge in [0.2, 0.25) is 8.32 Å². The monoisotopic (exact) mass is 372 g/mol. The summed E-state index contributed by atoms with van der Waals surface area (Å²) in [6, 6.07) is 3.18. The average Bonchev–Trinajstić information content (AvgIpc) is 2.30. The van der Waals surface area contributed by atoms with E-state index in [-0.39, 0.29) is 5.82 Å². The van der Waals surface area contributed by atoms with Gasteiger partial charge in [0.05, 0.1) is 10.0 Å². The summed E-state index contributed by atoms with van der Waals surface area (Å²) in [5, 5.41) is 0. The van der Waals surface area contributed by atoms with E-state index in [2.05, 4.69) is 42.5 Å². The van der Waals surface area contributed by atoms with Crippen molar-refractivity contribution in [2.45, 2.75) is 51.9 Å². The van der Waals surface area contributed by atoms with Crippen molar-refractivity contribution < 1.29 is 13.6 Å². The lowest BCUT2D eigenvalue weighted by atomic mass is 9.94. The summed E-state index contributed by atoms with van der Waals surface area (Å²) in [5.74, 6) is 1.05. The van der Waals surface area contributed by atoms with Crippen LogP contribution in [0.25, 0.3) is 5.76 Å². The number of rotatable bonds is 4. The van der Waals surface area contributed by atoms with Gasteiger partial charge in [-0.15, -0.1) is 0 Å². The predicted molar refractivity (Wildman–Crippen MR) is 90.4 cm³/mol. The summed E-state index contributed by atoms with van der Waals surface area (Å²) in [6.07, 6.45) is 3.89. The molecule has 1 atom stereocenters. The van der Waals surface area contributed by atoms with E-state index in [0.29, 0.717) is 10.2 Å². The fourth-order valence-corrected chi connectivity index (χ4v) is 3.65. The van der Waals surface area contributed by atoms with Crippen LogP contribution in [-0.4, -0.2) is 13.9 Å². The smallest absolute Gasteiger partial charge is 0.242 e. The second-order valence-corrected chi connectivity index (χ2v) is 11.9. The molecule has 5 heteroatoms. The minimum Gasteiger partial charge on any atom is -0.544 e. The van der Waals surface area contributed by atoms with Crippen LogP contribution in [0.15, 0.2) is 22.7 Å². The predicted octanol–water partition coefficient (Wildman–Crippen LogP) is 5.73. The molecule has 21 heavy (non-hydrogen) atoms. The highest BCUT2D eigenvalue weighted by Gasteiger charge is 2.33. The Morgan fingerprint density at radius 3 is 2.57 bits per heavy atom. The molecule has 116 valence electrons. The van der Waals surface area contributed by atoms with Crippen LogP contribution in [0.3, 0.4) is 0 Å². The molecule has 0 saturated carbocycles. The molecule has 1 aliphatic heterocycles. The number of hydrogen-bond acceptors (Lipinski definition) is 2. The van der Waals surface area contributed by atoms with Crippen molar-refractivity contribution >= 4 is 30.0 Å². The van der Waals surface area contributed by atoms with Gasteiger partial charge in [0.1, 0.15) is 22.9 Å². The summed E-state index contributed by atoms with van der Waals surface area (Å²) in [6.45, 7) is 10.5. The van der Waals surface area contributed by atoms with Gasteiger partial charge in [-0.2, -0.15) is 0 Å². The van der Waals surface area contributed by atoms with E-state index in [1.165, 1.54) is 6.07 Å². The van der Waals surface area contributed by atoms with Crippen LogP contribution in [0.2, 0.25) is 19.6 Å². The second kappa shape index (κ2) is 5.76. The Morgan fingerprint density at radius 1 is 1.33 bits per heavy atom. The third kappa shape index (κ3) is 3.89. The van der Waals surface area contributed by atoms with Crippen LogP contribution in [-0.2, 0) is 4.43 Å². The van der Waals surface area contributed by atoms with Crippen molar-refractivity contribution in [3.05, 3.63) is 34.1 Å². The maximum Gasteiger partial charge on any atom is 0.242 e. The van der Waals surface area contributed by atoms with Crippen LogP contribution in [0.4, 0.5) is 4.39 Å². The van der Waals surface area contributed by atoms with Crippen LogP contribution in [0.5, 0.6) is 5.75 Å². The molecule has 1 aromatic rings. The summed E-state index contributed by atoms with van der Waals surface area (Å²) in [5.41, 5.74) is 0.371. The van der Waals surface area contributed by atoms with E-state index < -0.39 is 13.9 Å². The van der Waals surface area contributed by atoms with Gasteiger partial charge in [-0.25, -0.2) is 4.39 Å². The fourth-order valence-electron chi connectivity index (χ4n) is 2.48. The zero-order valence-corrected chi connectivity index (χ0v) is 15.8. The maximum absolute atomic E-state index is 13.8. The van der Waals surface area contributed by atoms with Gasteiger partial charge in [0.15, 0.2) is 0 Å². The number of ether oxygens (including phenoxy) is 1. The van der Waals surface area contributed by atoms with Gasteiger partial charge in [0, 0.05) is 12.1 Å². The van der Waals surface area contributed by atoms with E-state index >= 15 is 0 Å². The quantitative estimate of drug-likeness (QED) is 0.628. The first-order valence-electron chi connectivity index (χ1n) is 7.24. The molecule has 1 aromatic carbocycles. The Morgan fingerprint density at radius 2 is 2.00 bits per heavy atom. The molecule has 0 fully saturated rings. The number of fused-ring (bicyclic) bond motifs is 1. The normalized spacial score (nSPS) is 21.4. The molecule has 0 bridgehead atoms. The molecule has 0 spiro atoms. The molecule has 0 aliphatic carbocycles. The van der Waals surface area contributed by atoms with Gasteiger partial charge >= 0.3 is 0 Å². The molecule has 1 unspecified atom stereocenters. The zero-order valence-electron chi connectivity index (χ0n) is 13.2. The standard InChI is InChI=1S/C16H22BrFO2Si/c1-6-7-16(2)10-15(20-21(3,4)5)11-8-12(17)13(18)9-14(11)19-16/h8-10H,6-7H2,1-5H3. The zero-order chi connectivity index (χ0) is 15.8. The molecule has 0 saturated heterocycles. The van der Waals surface area contributed by atoms with Crippen molar-refractivity contribution in [2.75, 3.05) is 0 Å². The summed E-state index contributed by atoms with van der Waals surface area (Å²) >= 11 is 3.24. The van der Waals surface area contributed by atoms with Crippen LogP contribution >= 0.6 is 15.9 Å². The van der Waals surface area contributed by atoms with Crippen molar-refractivity contribution in [1.29, 1.82) is 0 Å². The first-order chi connectivity index (χ1) is 9.63. The number of hydrogen-bond donors (Lipinski definition) is 0. The highest BCUT2D eigenvalue weighted by atomic mass is 79.9. The van der Waals surface area contributed by atoms with E-state index in [0.717, 1.165) is 24.2 Å². The molecule has 1 heterocycles. The molecule has 1 aliphatic rings. The fraction of sp³-hybridized carbons (Fsp3) is 0.500. The van der Waals surface area contributed by atoms with Crippen LogP contribution in [0.1, 0.15) is 32.3 Å². The van der Waals surface area contributed by atoms with Gasteiger partial charge in [-0.1, -0.05) is 13.3 Å². The van der Waals surface area contributed by atoms with E-state index in [9.17, 15) is 4.39 Å². The Bertz CT molecular complexity index is 580. The lowest BCUT2D eigenvalue weighted by molar-refractivity contribution is 0.122. The Balaban J connectivity index is 2.52. The van der Waals surface area contributed by atoms with Crippen LogP contribution in [0, 0.1) is 5.82 Å². The molecule has 0 N–H and O–H groups in total. The van der Waals surface area contributed by atoms with E-state index in [4.69, 9.17) is 9.16 Å². The van der Waals surface area contributed by atoms with E-state index in [1.807, 2.05) is 13.0 Å². The molecule has 0 aromatic heterocycles. The Kier molecular flexibility index (Phi) is 4.54. The summed E-state index contributed by atoms with van der Waals surface area (Å²) in [7, 11) is -1.76. The first-order valence-corrected chi connectivity index (χ1v) is 11.4. The Labute approximate surface area is 135 Å². The highest BCUT2D eigenvalue weighted by Crippen LogP contribution is 2.41. The molecule has 0 amide bonds. The third-order valence-electron chi connectivity index (χ3n) is 3.23. The van der Waals surface area contributed by atoms with Gasteiger partial charge in [-0.3, -0.25) is 0 Å². The SMILES string of the molecule is CCCC1(C)C=C(O[Si](C)(C)C)c2cc(Br)c(F)cc2O1. The third-order valence-corrected chi connectivity index (χ3v) is 4.67.